The lowest BCUT2D eigenvalue weighted by atomic mass is 10.0. The molecule has 132 valence electrons. The molecule has 0 bridgehead atoms. The first kappa shape index (κ1) is 18.4. The second-order valence-corrected chi connectivity index (χ2v) is 6.61. The summed E-state index contributed by atoms with van der Waals surface area (Å²) in [4.78, 5) is 18.7. The molecule has 1 amide bonds. The van der Waals surface area contributed by atoms with Gasteiger partial charge < -0.3 is 14.2 Å². The second kappa shape index (κ2) is 7.77. The molecule has 1 aliphatic rings. The van der Waals surface area contributed by atoms with E-state index in [0.29, 0.717) is 12.2 Å². The molecule has 0 radical (unpaired) electrons. The van der Waals surface area contributed by atoms with Gasteiger partial charge >= 0.3 is 6.09 Å². The van der Waals surface area contributed by atoms with Crippen molar-refractivity contribution in [3.63, 3.8) is 0 Å². The van der Waals surface area contributed by atoms with Gasteiger partial charge in [0.25, 0.3) is 0 Å². The Morgan fingerprint density at radius 3 is 2.62 bits per heavy atom. The number of carbonyl (C=O) groups excluding carboxylic acids is 1. The molecule has 0 aliphatic carbocycles. The Bertz CT molecular complexity index is 603. The predicted octanol–water partition coefficient (Wildman–Crippen LogP) is 3.74. The molecule has 2 rings (SSSR count). The number of hydrogen-bond donors (Lipinski definition) is 0. The molecule has 2 heterocycles. The maximum atomic E-state index is 12.6. The zero-order chi connectivity index (χ0) is 17.7. The fraction of sp³-hybridized carbons (Fsp3) is 0.556. The quantitative estimate of drug-likeness (QED) is 0.785. The predicted molar refractivity (Wildman–Crippen MR) is 91.1 cm³/mol. The third-order valence-electron chi connectivity index (χ3n) is 3.59. The first-order valence-electron chi connectivity index (χ1n) is 8.09. The highest BCUT2D eigenvalue weighted by atomic mass is 16.7. The third-order valence-corrected chi connectivity index (χ3v) is 3.59. The fourth-order valence-corrected chi connectivity index (χ4v) is 2.62. The second-order valence-electron chi connectivity index (χ2n) is 6.61. The SMILES string of the molecule is COC(OC)c1cccnc1C1=CCCCN1C(=O)OC(C)(C)C. The van der Waals surface area contributed by atoms with Crippen LogP contribution >= 0.6 is 0 Å². The van der Waals surface area contributed by atoms with Crippen LogP contribution in [0, 0.1) is 0 Å². The van der Waals surface area contributed by atoms with Gasteiger partial charge in [-0.3, -0.25) is 9.88 Å². The van der Waals surface area contributed by atoms with Gasteiger partial charge in [0.05, 0.1) is 11.4 Å². The van der Waals surface area contributed by atoms with Crippen LogP contribution in [0.5, 0.6) is 0 Å². The number of nitrogens with zero attached hydrogens (tertiary/aromatic N) is 2. The van der Waals surface area contributed by atoms with Crippen LogP contribution in [0.4, 0.5) is 4.79 Å². The number of hydrogen-bond acceptors (Lipinski definition) is 5. The highest BCUT2D eigenvalue weighted by Gasteiger charge is 2.29. The monoisotopic (exact) mass is 334 g/mol. The van der Waals surface area contributed by atoms with Crippen molar-refractivity contribution in [1.29, 1.82) is 0 Å². The molecule has 1 aromatic heterocycles. The average Bonchev–Trinajstić information content (AvgIpc) is 2.55. The minimum Gasteiger partial charge on any atom is -0.443 e. The lowest BCUT2D eigenvalue weighted by molar-refractivity contribution is -0.106. The van der Waals surface area contributed by atoms with Gasteiger partial charge in [-0.05, 0) is 39.7 Å². The standard InChI is InChI=1S/C18H26N2O4/c1-18(2,3)24-17(21)20-12-7-6-10-14(20)15-13(9-8-11-19-15)16(22-4)23-5/h8-11,16H,6-7,12H2,1-5H3. The molecule has 0 saturated carbocycles. The van der Waals surface area contributed by atoms with Crippen LogP contribution in [0.15, 0.2) is 24.4 Å². The number of rotatable bonds is 4. The van der Waals surface area contributed by atoms with Crippen LogP contribution in [-0.2, 0) is 14.2 Å². The lowest BCUT2D eigenvalue weighted by Crippen LogP contribution is -2.38. The van der Waals surface area contributed by atoms with Crippen molar-refractivity contribution in [1.82, 2.24) is 9.88 Å². The Morgan fingerprint density at radius 2 is 2.00 bits per heavy atom. The highest BCUT2D eigenvalue weighted by molar-refractivity contribution is 5.82. The molecule has 0 atom stereocenters. The van der Waals surface area contributed by atoms with E-state index in [1.54, 1.807) is 25.3 Å². The zero-order valence-electron chi connectivity index (χ0n) is 15.0. The van der Waals surface area contributed by atoms with E-state index in [9.17, 15) is 4.79 Å². The Hall–Kier alpha value is -1.92. The van der Waals surface area contributed by atoms with E-state index in [-0.39, 0.29) is 6.09 Å². The van der Waals surface area contributed by atoms with Crippen molar-refractivity contribution in [2.75, 3.05) is 20.8 Å². The third kappa shape index (κ3) is 4.33. The maximum Gasteiger partial charge on any atom is 0.414 e. The number of methoxy groups -OCH3 is 2. The Labute approximate surface area is 143 Å². The van der Waals surface area contributed by atoms with Gasteiger partial charge in [-0.2, -0.15) is 0 Å². The molecule has 0 unspecified atom stereocenters. The Kier molecular flexibility index (Phi) is 5.96. The van der Waals surface area contributed by atoms with Crippen LogP contribution in [0.3, 0.4) is 0 Å². The van der Waals surface area contributed by atoms with Crippen LogP contribution < -0.4 is 0 Å². The number of amides is 1. The summed E-state index contributed by atoms with van der Waals surface area (Å²) in [7, 11) is 3.15. The first-order valence-corrected chi connectivity index (χ1v) is 8.09. The number of allylic oxidation sites excluding steroid dienone is 1. The fourth-order valence-electron chi connectivity index (χ4n) is 2.62. The summed E-state index contributed by atoms with van der Waals surface area (Å²) in [5.74, 6) is 0. The topological polar surface area (TPSA) is 60.9 Å². The molecule has 1 aliphatic heterocycles. The van der Waals surface area contributed by atoms with Gasteiger partial charge in [0.15, 0.2) is 6.29 Å². The number of carbonyl (C=O) groups is 1. The van der Waals surface area contributed by atoms with E-state index in [0.717, 1.165) is 24.1 Å². The number of aromatic nitrogens is 1. The molecular formula is C18H26N2O4. The molecular weight excluding hydrogens is 308 g/mol. The number of pyridine rings is 1. The summed E-state index contributed by atoms with van der Waals surface area (Å²) < 4.78 is 16.3. The maximum absolute atomic E-state index is 12.6. The van der Waals surface area contributed by atoms with Crippen molar-refractivity contribution in [3.05, 3.63) is 35.7 Å². The van der Waals surface area contributed by atoms with Gasteiger partial charge in [0.1, 0.15) is 5.60 Å². The van der Waals surface area contributed by atoms with Crippen molar-refractivity contribution in [2.24, 2.45) is 0 Å². The van der Waals surface area contributed by atoms with Crippen molar-refractivity contribution in [2.45, 2.75) is 45.5 Å². The highest BCUT2D eigenvalue weighted by Crippen LogP contribution is 2.31. The van der Waals surface area contributed by atoms with Crippen LogP contribution in [0.2, 0.25) is 0 Å². The molecule has 24 heavy (non-hydrogen) atoms. The summed E-state index contributed by atoms with van der Waals surface area (Å²) in [5, 5.41) is 0. The van der Waals surface area contributed by atoms with E-state index in [4.69, 9.17) is 14.2 Å². The van der Waals surface area contributed by atoms with Crippen molar-refractivity contribution >= 4 is 11.8 Å². The van der Waals surface area contributed by atoms with Crippen molar-refractivity contribution < 1.29 is 19.0 Å². The molecule has 0 saturated heterocycles. The summed E-state index contributed by atoms with van der Waals surface area (Å²) in [6, 6.07) is 3.72. The zero-order valence-corrected chi connectivity index (χ0v) is 15.0. The molecule has 6 heteroatoms. The minimum atomic E-state index is -0.547. The average molecular weight is 334 g/mol. The van der Waals surface area contributed by atoms with E-state index in [1.165, 1.54) is 0 Å². The summed E-state index contributed by atoms with van der Waals surface area (Å²) >= 11 is 0. The van der Waals surface area contributed by atoms with Crippen LogP contribution in [0.25, 0.3) is 5.70 Å². The van der Waals surface area contributed by atoms with E-state index >= 15 is 0 Å². The summed E-state index contributed by atoms with van der Waals surface area (Å²) in [6.07, 6.45) is 4.58. The van der Waals surface area contributed by atoms with Crippen molar-refractivity contribution in [3.8, 4) is 0 Å². The molecule has 0 fully saturated rings. The summed E-state index contributed by atoms with van der Waals surface area (Å²) in [6.45, 7) is 6.17. The van der Waals surface area contributed by atoms with Gasteiger partial charge in [-0.25, -0.2) is 4.79 Å². The molecule has 0 spiro atoms. The van der Waals surface area contributed by atoms with Gasteiger partial charge in [0.2, 0.25) is 0 Å². The number of ether oxygens (including phenoxy) is 3. The molecule has 1 aromatic rings. The van der Waals surface area contributed by atoms with E-state index in [1.807, 2.05) is 39.0 Å². The smallest absolute Gasteiger partial charge is 0.414 e. The van der Waals surface area contributed by atoms with Gasteiger partial charge in [0, 0.05) is 32.5 Å². The molecule has 6 nitrogen and oxygen atoms in total. The first-order chi connectivity index (χ1) is 11.4. The molecule has 0 N–H and O–H groups in total. The normalized spacial score (nSPS) is 15.4. The molecule has 0 aromatic carbocycles. The van der Waals surface area contributed by atoms with E-state index in [2.05, 4.69) is 4.98 Å². The summed E-state index contributed by atoms with van der Waals surface area (Å²) in [5.41, 5.74) is 1.65. The lowest BCUT2D eigenvalue weighted by Gasteiger charge is -2.32. The Balaban J connectivity index is 2.38. The van der Waals surface area contributed by atoms with E-state index < -0.39 is 11.9 Å². The van der Waals surface area contributed by atoms with Crippen LogP contribution in [0.1, 0.15) is 51.2 Å². The van der Waals surface area contributed by atoms with Crippen LogP contribution in [-0.4, -0.2) is 42.3 Å². The minimum absolute atomic E-state index is 0.364. The van der Waals surface area contributed by atoms with Gasteiger partial charge in [-0.15, -0.1) is 0 Å². The largest absolute Gasteiger partial charge is 0.443 e. The van der Waals surface area contributed by atoms with Gasteiger partial charge in [-0.1, -0.05) is 12.1 Å². The Morgan fingerprint density at radius 1 is 1.29 bits per heavy atom.